The molecule has 1 atom stereocenters. The van der Waals surface area contributed by atoms with E-state index in [0.29, 0.717) is 12.1 Å². The van der Waals surface area contributed by atoms with Gasteiger partial charge >= 0.3 is 12.0 Å². The lowest BCUT2D eigenvalue weighted by Crippen LogP contribution is -2.42. The fraction of sp³-hybridized carbons (Fsp3) is 0.318. The maximum absolute atomic E-state index is 12.2. The molecule has 0 heterocycles. The van der Waals surface area contributed by atoms with Gasteiger partial charge in [-0.3, -0.25) is 4.79 Å². The van der Waals surface area contributed by atoms with Crippen LogP contribution in [0.15, 0.2) is 48.5 Å². The molecule has 0 bridgehead atoms. The van der Waals surface area contributed by atoms with Crippen LogP contribution in [-0.4, -0.2) is 29.1 Å². The van der Waals surface area contributed by atoms with Gasteiger partial charge in [-0.25, -0.2) is 9.59 Å². The van der Waals surface area contributed by atoms with E-state index < -0.39 is 12.0 Å². The zero-order chi connectivity index (χ0) is 21.4. The first-order chi connectivity index (χ1) is 13.7. The molecule has 0 saturated carbocycles. The summed E-state index contributed by atoms with van der Waals surface area (Å²) in [6.45, 7) is 5.72. The van der Waals surface area contributed by atoms with Gasteiger partial charge in [0.15, 0.2) is 0 Å². The molecule has 0 aliphatic heterocycles. The number of aryl methyl sites for hydroxylation is 1. The normalized spacial score (nSPS) is 11.6. The quantitative estimate of drug-likeness (QED) is 0.543. The van der Waals surface area contributed by atoms with Crippen molar-refractivity contribution in [3.8, 4) is 0 Å². The Labute approximate surface area is 170 Å². The maximum atomic E-state index is 12.2. The Hall–Kier alpha value is -3.35. The van der Waals surface area contributed by atoms with Crippen LogP contribution in [0.1, 0.15) is 31.4 Å². The molecule has 0 saturated heterocycles. The molecule has 7 heteroatoms. The lowest BCUT2D eigenvalue weighted by atomic mass is 10.0. The molecule has 3 amide bonds. The molecule has 1 unspecified atom stereocenters. The van der Waals surface area contributed by atoms with E-state index in [-0.39, 0.29) is 24.3 Å². The second kappa shape index (κ2) is 10.3. The Morgan fingerprint density at radius 2 is 1.62 bits per heavy atom. The number of amides is 3. The first kappa shape index (κ1) is 21.9. The van der Waals surface area contributed by atoms with E-state index in [4.69, 9.17) is 0 Å². The molecule has 0 fully saturated rings. The van der Waals surface area contributed by atoms with Crippen molar-refractivity contribution in [2.45, 2.75) is 39.7 Å². The van der Waals surface area contributed by atoms with Crippen LogP contribution < -0.4 is 16.0 Å². The molecule has 0 aromatic heterocycles. The lowest BCUT2D eigenvalue weighted by molar-refractivity contribution is -0.142. The largest absolute Gasteiger partial charge is 0.480 e. The van der Waals surface area contributed by atoms with Gasteiger partial charge < -0.3 is 21.1 Å². The number of para-hydroxylation sites is 1. The van der Waals surface area contributed by atoms with E-state index in [2.05, 4.69) is 16.0 Å². The van der Waals surface area contributed by atoms with E-state index in [0.717, 1.165) is 16.8 Å². The van der Waals surface area contributed by atoms with Crippen molar-refractivity contribution in [1.82, 2.24) is 5.32 Å². The van der Waals surface area contributed by atoms with Crippen molar-refractivity contribution < 1.29 is 19.5 Å². The predicted molar refractivity (Wildman–Crippen MR) is 113 cm³/mol. The SMILES string of the molecule is Cc1ccccc1NC(=O)Nc1ccc(CC(=O)NC(CC(C)C)C(=O)O)cc1. The molecule has 29 heavy (non-hydrogen) atoms. The first-order valence-corrected chi connectivity index (χ1v) is 9.49. The fourth-order valence-corrected chi connectivity index (χ4v) is 2.83. The highest BCUT2D eigenvalue weighted by Crippen LogP contribution is 2.15. The summed E-state index contributed by atoms with van der Waals surface area (Å²) in [6, 6.07) is 13.1. The number of carbonyl (C=O) groups is 3. The van der Waals surface area contributed by atoms with E-state index in [1.165, 1.54) is 0 Å². The van der Waals surface area contributed by atoms with Crippen molar-refractivity contribution in [3.05, 3.63) is 59.7 Å². The Bertz CT molecular complexity index is 863. The van der Waals surface area contributed by atoms with Crippen molar-refractivity contribution in [2.24, 2.45) is 5.92 Å². The number of rotatable bonds is 8. The minimum Gasteiger partial charge on any atom is -0.480 e. The van der Waals surface area contributed by atoms with Gasteiger partial charge in [0.25, 0.3) is 0 Å². The fourth-order valence-electron chi connectivity index (χ4n) is 2.83. The number of carbonyl (C=O) groups excluding carboxylic acids is 2. The van der Waals surface area contributed by atoms with Gasteiger partial charge in [0.05, 0.1) is 6.42 Å². The van der Waals surface area contributed by atoms with Crippen LogP contribution >= 0.6 is 0 Å². The highest BCUT2D eigenvalue weighted by atomic mass is 16.4. The van der Waals surface area contributed by atoms with E-state index in [1.54, 1.807) is 24.3 Å². The van der Waals surface area contributed by atoms with Crippen LogP contribution in [0.25, 0.3) is 0 Å². The number of carboxylic acids is 1. The molecule has 0 aliphatic rings. The highest BCUT2D eigenvalue weighted by Gasteiger charge is 2.21. The molecule has 2 rings (SSSR count). The average molecular weight is 397 g/mol. The Morgan fingerprint density at radius 3 is 2.21 bits per heavy atom. The van der Waals surface area contributed by atoms with E-state index >= 15 is 0 Å². The molecule has 2 aromatic rings. The summed E-state index contributed by atoms with van der Waals surface area (Å²) in [5.74, 6) is -1.23. The number of hydrogen-bond donors (Lipinski definition) is 4. The van der Waals surface area contributed by atoms with Gasteiger partial charge in [-0.05, 0) is 48.6 Å². The van der Waals surface area contributed by atoms with Gasteiger partial charge in [-0.15, -0.1) is 0 Å². The zero-order valence-electron chi connectivity index (χ0n) is 16.9. The van der Waals surface area contributed by atoms with E-state index in [1.807, 2.05) is 45.0 Å². The number of carboxylic acid groups (broad SMARTS) is 1. The third-order valence-corrected chi connectivity index (χ3v) is 4.31. The smallest absolute Gasteiger partial charge is 0.326 e. The maximum Gasteiger partial charge on any atom is 0.326 e. The molecule has 154 valence electrons. The van der Waals surface area contributed by atoms with Crippen LogP contribution in [-0.2, 0) is 16.0 Å². The summed E-state index contributed by atoms with van der Waals surface area (Å²) in [5.41, 5.74) is 3.00. The number of aliphatic carboxylic acids is 1. The minimum atomic E-state index is -1.04. The molecule has 7 nitrogen and oxygen atoms in total. The third kappa shape index (κ3) is 7.29. The van der Waals surface area contributed by atoms with Crippen LogP contribution in [0.3, 0.4) is 0 Å². The summed E-state index contributed by atoms with van der Waals surface area (Å²) >= 11 is 0. The van der Waals surface area contributed by atoms with Gasteiger partial charge in [-0.1, -0.05) is 44.2 Å². The molecule has 0 aliphatic carbocycles. The number of urea groups is 1. The van der Waals surface area contributed by atoms with Crippen molar-refractivity contribution in [1.29, 1.82) is 0 Å². The Morgan fingerprint density at radius 1 is 0.966 bits per heavy atom. The van der Waals surface area contributed by atoms with Crippen LogP contribution in [0.4, 0.5) is 16.2 Å². The summed E-state index contributed by atoms with van der Waals surface area (Å²) < 4.78 is 0. The van der Waals surface area contributed by atoms with Gasteiger partial charge in [0.2, 0.25) is 5.91 Å². The van der Waals surface area contributed by atoms with Crippen molar-refractivity contribution >= 4 is 29.3 Å². The minimum absolute atomic E-state index is 0.0670. The predicted octanol–water partition coefficient (Wildman–Crippen LogP) is 3.80. The zero-order valence-corrected chi connectivity index (χ0v) is 16.9. The summed E-state index contributed by atoms with van der Waals surface area (Å²) in [5, 5.41) is 17.3. The van der Waals surface area contributed by atoms with Gasteiger partial charge in [0.1, 0.15) is 6.04 Å². The second-order valence-electron chi connectivity index (χ2n) is 7.36. The summed E-state index contributed by atoms with van der Waals surface area (Å²) in [6.07, 6.45) is 0.442. The number of benzene rings is 2. The molecule has 2 aromatic carbocycles. The van der Waals surface area contributed by atoms with Crippen molar-refractivity contribution in [2.75, 3.05) is 10.6 Å². The van der Waals surface area contributed by atoms with Crippen molar-refractivity contribution in [3.63, 3.8) is 0 Å². The topological polar surface area (TPSA) is 108 Å². The van der Waals surface area contributed by atoms with E-state index in [9.17, 15) is 19.5 Å². The molecule has 0 spiro atoms. The molecule has 4 N–H and O–H groups in total. The van der Waals surface area contributed by atoms with Crippen LogP contribution in [0.5, 0.6) is 0 Å². The molecular formula is C22H27N3O4. The first-order valence-electron chi connectivity index (χ1n) is 9.49. The van der Waals surface area contributed by atoms with Crippen LogP contribution in [0.2, 0.25) is 0 Å². The third-order valence-electron chi connectivity index (χ3n) is 4.31. The summed E-state index contributed by atoms with van der Waals surface area (Å²) in [7, 11) is 0. The Balaban J connectivity index is 1.89. The number of hydrogen-bond acceptors (Lipinski definition) is 3. The average Bonchev–Trinajstić information content (AvgIpc) is 2.64. The van der Waals surface area contributed by atoms with Gasteiger partial charge in [0, 0.05) is 11.4 Å². The van der Waals surface area contributed by atoms with Crippen LogP contribution in [0, 0.1) is 12.8 Å². The summed E-state index contributed by atoms with van der Waals surface area (Å²) in [4.78, 5) is 35.5. The molecule has 0 radical (unpaired) electrons. The lowest BCUT2D eigenvalue weighted by Gasteiger charge is -2.16. The monoisotopic (exact) mass is 397 g/mol. The number of anilines is 2. The highest BCUT2D eigenvalue weighted by molar-refractivity contribution is 6.00. The van der Waals surface area contributed by atoms with Gasteiger partial charge in [-0.2, -0.15) is 0 Å². The molecular weight excluding hydrogens is 370 g/mol. The Kier molecular flexibility index (Phi) is 7.77. The number of nitrogens with one attached hydrogen (secondary N) is 3. The second-order valence-corrected chi connectivity index (χ2v) is 7.36. The standard InChI is InChI=1S/C22H27N3O4/c1-14(2)12-19(21(27)28)24-20(26)13-16-8-10-17(11-9-16)23-22(29)25-18-7-5-4-6-15(18)3/h4-11,14,19H,12-13H2,1-3H3,(H,24,26)(H,27,28)(H2,23,25,29).